The molecule has 2 unspecified atom stereocenters. The zero-order valence-electron chi connectivity index (χ0n) is 48.5. The molecule has 8 atom stereocenters. The van der Waals surface area contributed by atoms with Crippen LogP contribution in [0, 0.1) is 24.2 Å². The molecule has 5 heterocycles. The Labute approximate surface area is 488 Å². The molecule has 2 aliphatic carbocycles. The molecule has 2 saturated carbocycles. The summed E-state index contributed by atoms with van der Waals surface area (Å²) in [6, 6.07) is 17.8. The fourth-order valence-electron chi connectivity index (χ4n) is 12.6. The number of methoxy groups -OCH3 is 1. The summed E-state index contributed by atoms with van der Waals surface area (Å²) in [4.78, 5) is 102. The van der Waals surface area contributed by atoms with Crippen LogP contribution < -0.4 is 15.3 Å². The first kappa shape index (κ1) is 60.0. The fourth-order valence-corrected chi connectivity index (χ4v) is 14.5. The normalized spacial score (nSPS) is 23.2. The highest BCUT2D eigenvalue weighted by molar-refractivity contribution is 7.89. The first-order valence-corrected chi connectivity index (χ1v) is 31.5. The summed E-state index contributed by atoms with van der Waals surface area (Å²) in [5.74, 6) is -2.83. The van der Waals surface area contributed by atoms with Crippen molar-refractivity contribution in [1.29, 1.82) is 0 Å². The standard InChI is InChI=1S/C61H77N8O12PS/c1-9-67-50-25-22-41-32-46(50)47(55(67)45-16-12-26-62-52(45)37(3)79-8)33-61(4,5)35-80-60(74)48-17-13-27-68(64-48)58(72)49(30-38-28-42(41)31-43(29-38)81-82(75,76)77)63-57(71)54(39-14-10-11-15-39)66(7)51(70)34-65(6)59(73)56-53(40-20-21-40)69(56)83(78)44-23-18-36(2)19-24-44/h12,16,18-19,22-26,28-29,31-32,37,39-40,48-49,53-54,56,64H,9-11,13-15,17,20-21,27,30,33-35H2,1-8H3,(H,63,71)(H2,75,76,77)/t37-,48-,49-,53+,54-,56+,69?,83?/m0/s1. The number of aryl methyl sites for hydroxylation is 2. The molecule has 444 valence electrons. The van der Waals surface area contributed by atoms with Crippen molar-refractivity contribution in [3.63, 3.8) is 0 Å². The van der Waals surface area contributed by atoms with Crippen molar-refractivity contribution in [3.05, 3.63) is 101 Å². The van der Waals surface area contributed by atoms with Crippen molar-refractivity contribution < 1.29 is 56.9 Å². The van der Waals surface area contributed by atoms with Gasteiger partial charge in [-0.1, -0.05) is 56.5 Å². The molecule has 10 rings (SSSR count). The number of ether oxygens (including phenoxy) is 2. The number of phosphoric ester groups is 1. The highest BCUT2D eigenvalue weighted by Gasteiger charge is 2.66. The van der Waals surface area contributed by atoms with Crippen LogP contribution in [0.3, 0.4) is 0 Å². The van der Waals surface area contributed by atoms with Gasteiger partial charge in [0.05, 0.1) is 48.0 Å². The summed E-state index contributed by atoms with van der Waals surface area (Å²) in [5, 5.41) is 5.23. The third-order valence-corrected chi connectivity index (χ3v) is 19.1. The molecular weight excluding hydrogens is 1100 g/mol. The van der Waals surface area contributed by atoms with Crippen molar-refractivity contribution in [3.8, 4) is 28.1 Å². The quantitative estimate of drug-likeness (QED) is 0.0331. The lowest BCUT2D eigenvalue weighted by atomic mass is 9.84. The van der Waals surface area contributed by atoms with Crippen LogP contribution in [0.1, 0.15) is 108 Å². The van der Waals surface area contributed by atoms with E-state index in [4.69, 9.17) is 19.0 Å². The number of nitrogens with zero attached hydrogens (tertiary/aromatic N) is 6. The number of likely N-dealkylation sites (N-methyl/N-ethyl adjacent to an activating group) is 2. The molecular formula is C61H77N8O12PS. The number of hydrazine groups is 1. The number of fused-ring (bicyclic) bond motifs is 6. The van der Waals surface area contributed by atoms with E-state index < -0.39 is 72.5 Å². The van der Waals surface area contributed by atoms with Gasteiger partial charge in [0.2, 0.25) is 17.7 Å². The molecule has 0 spiro atoms. The Morgan fingerprint density at radius 2 is 1.72 bits per heavy atom. The Balaban J connectivity index is 0.999. The van der Waals surface area contributed by atoms with E-state index in [9.17, 15) is 33.3 Å². The maximum Gasteiger partial charge on any atom is 0.524 e. The number of esters is 1. The smallest absolute Gasteiger partial charge is 0.524 e. The minimum atomic E-state index is -5.14. The van der Waals surface area contributed by atoms with Gasteiger partial charge in [0.25, 0.3) is 5.91 Å². The molecule has 2 saturated heterocycles. The number of hydrogen-bond acceptors (Lipinski definition) is 13. The number of rotatable bonds is 16. The van der Waals surface area contributed by atoms with Gasteiger partial charge in [0.15, 0.2) is 10.9 Å². The highest BCUT2D eigenvalue weighted by Crippen LogP contribution is 2.50. The van der Waals surface area contributed by atoms with Crippen LogP contribution in [0.2, 0.25) is 0 Å². The molecule has 5 aliphatic rings. The maximum absolute atomic E-state index is 15.2. The van der Waals surface area contributed by atoms with Gasteiger partial charge in [-0.25, -0.2) is 9.99 Å². The molecule has 3 aliphatic heterocycles. The van der Waals surface area contributed by atoms with E-state index in [0.717, 1.165) is 64.7 Å². The minimum absolute atomic E-state index is 0.0295. The summed E-state index contributed by atoms with van der Waals surface area (Å²) in [5.41, 5.74) is 9.45. The number of phosphoric acid groups is 1. The third-order valence-electron chi connectivity index (χ3n) is 17.1. The van der Waals surface area contributed by atoms with Gasteiger partial charge in [-0.2, -0.15) is 0 Å². The maximum atomic E-state index is 15.2. The van der Waals surface area contributed by atoms with Crippen LogP contribution in [0.15, 0.2) is 83.9 Å². The highest BCUT2D eigenvalue weighted by atomic mass is 32.2. The first-order chi connectivity index (χ1) is 39.5. The second-order valence-electron chi connectivity index (χ2n) is 24.0. The van der Waals surface area contributed by atoms with E-state index in [0.29, 0.717) is 60.2 Å². The van der Waals surface area contributed by atoms with E-state index in [-0.39, 0.29) is 61.8 Å². The van der Waals surface area contributed by atoms with Gasteiger partial charge in [-0.3, -0.25) is 43.8 Å². The minimum Gasteiger partial charge on any atom is -0.593 e. The van der Waals surface area contributed by atoms with E-state index in [1.54, 1.807) is 42.9 Å². The molecule has 0 radical (unpaired) electrons. The number of carbonyl (C=O) groups is 5. The lowest BCUT2D eigenvalue weighted by Gasteiger charge is -2.37. The van der Waals surface area contributed by atoms with Crippen LogP contribution in [0.25, 0.3) is 33.3 Å². The Kier molecular flexibility index (Phi) is 17.7. The van der Waals surface area contributed by atoms with Crippen LogP contribution in [0.4, 0.5) is 0 Å². The predicted molar refractivity (Wildman–Crippen MR) is 312 cm³/mol. The molecule has 4 fully saturated rings. The van der Waals surface area contributed by atoms with Crippen LogP contribution in [0.5, 0.6) is 5.75 Å². The van der Waals surface area contributed by atoms with E-state index >= 15 is 9.59 Å². The molecule has 6 bridgehead atoms. The Morgan fingerprint density at radius 1 is 0.988 bits per heavy atom. The van der Waals surface area contributed by atoms with Crippen LogP contribution in [-0.4, -0.2) is 144 Å². The summed E-state index contributed by atoms with van der Waals surface area (Å²) in [6.07, 6.45) is 7.12. The number of amides is 4. The number of benzene rings is 3. The van der Waals surface area contributed by atoms with E-state index in [2.05, 4.69) is 22.2 Å². The second-order valence-corrected chi connectivity index (χ2v) is 26.5. The van der Waals surface area contributed by atoms with Gasteiger partial charge in [0, 0.05) is 68.8 Å². The van der Waals surface area contributed by atoms with Crippen molar-refractivity contribution in [2.45, 2.75) is 147 Å². The van der Waals surface area contributed by atoms with E-state index in [1.807, 2.05) is 70.2 Å². The Morgan fingerprint density at radius 3 is 2.41 bits per heavy atom. The number of nitrogens with one attached hydrogen (secondary N) is 2. The van der Waals surface area contributed by atoms with Crippen molar-refractivity contribution in [2.24, 2.45) is 17.3 Å². The van der Waals surface area contributed by atoms with Gasteiger partial charge in [-0.15, -0.1) is 4.31 Å². The molecule has 4 N–H and O–H groups in total. The van der Waals surface area contributed by atoms with E-state index in [1.165, 1.54) is 34.0 Å². The van der Waals surface area contributed by atoms with Gasteiger partial charge in [0.1, 0.15) is 23.9 Å². The zero-order chi connectivity index (χ0) is 59.2. The van der Waals surface area contributed by atoms with Crippen molar-refractivity contribution >= 4 is 59.7 Å². The molecule has 5 aromatic rings. The number of carbonyl (C=O) groups excluding carboxylic acids is 5. The molecule has 20 nitrogen and oxygen atoms in total. The van der Waals surface area contributed by atoms with Gasteiger partial charge >= 0.3 is 13.8 Å². The average molecular weight is 1180 g/mol. The van der Waals surface area contributed by atoms with Crippen molar-refractivity contribution in [2.75, 3.05) is 40.9 Å². The monoisotopic (exact) mass is 1180 g/mol. The third kappa shape index (κ3) is 13.1. The second kappa shape index (κ2) is 24.4. The molecule has 22 heteroatoms. The molecule has 83 heavy (non-hydrogen) atoms. The average Bonchev–Trinajstić information content (AvgIpc) is 2.26. The van der Waals surface area contributed by atoms with Crippen LogP contribution >= 0.6 is 7.82 Å². The SMILES string of the molecule is CCn1c(-c2cccnc2[C@H](C)OC)c2c3cc(ccc31)-c1cc(cc(OP(=O)(O)O)c1)C[C@H](NC(=O)[C@H](C1CCCC1)N(C)C(=O)CN(C)C(=O)[C@H]1[C@@H](C3CC3)N1[S+]([O-])c1ccc(C)cc1)C(=O)N1CCC[C@H](N1)C(=O)OCC(C)(C)C2. The number of hydrogen-bond donors (Lipinski definition) is 4. The van der Waals surface area contributed by atoms with Gasteiger partial charge < -0.3 is 38.2 Å². The first-order valence-electron chi connectivity index (χ1n) is 28.9. The largest absolute Gasteiger partial charge is 0.593 e. The number of pyridine rings is 1. The summed E-state index contributed by atoms with van der Waals surface area (Å²) >= 11 is -1.58. The number of aromatic nitrogens is 2. The Bertz CT molecular complexity index is 3320. The van der Waals surface area contributed by atoms with Gasteiger partial charge in [-0.05, 0) is 148 Å². The summed E-state index contributed by atoms with van der Waals surface area (Å²) < 4.78 is 47.7. The molecule has 4 amide bonds. The molecule has 3 aromatic carbocycles. The topological polar surface area (TPSA) is 248 Å². The lowest BCUT2D eigenvalue weighted by Crippen LogP contribution is -2.62. The summed E-state index contributed by atoms with van der Waals surface area (Å²) in [6.45, 7) is 10.4. The Hall–Kier alpha value is -6.16. The number of cyclic esters (lactones) is 1. The van der Waals surface area contributed by atoms with Crippen LogP contribution in [-0.2, 0) is 68.8 Å². The van der Waals surface area contributed by atoms with Crippen molar-refractivity contribution in [1.82, 2.24) is 39.4 Å². The fraction of sp³-hybridized carbons (Fsp3) is 0.508. The zero-order valence-corrected chi connectivity index (χ0v) is 50.3. The summed E-state index contributed by atoms with van der Waals surface area (Å²) in [7, 11) is -0.427. The lowest BCUT2D eigenvalue weighted by molar-refractivity contribution is -0.155. The molecule has 2 aromatic heterocycles. The predicted octanol–water partition coefficient (Wildman–Crippen LogP) is 7.19.